The van der Waals surface area contributed by atoms with Crippen molar-refractivity contribution in [1.82, 2.24) is 0 Å². The summed E-state index contributed by atoms with van der Waals surface area (Å²) in [6.45, 7) is 0. The standard InChI is InChI=1S/C18H2F6N4S2/c19-17(20,21)13-9-1-11(7(3-25)4-26)29-15(9)14(18(22,23)24)10-2-12(30-16(10)13)8(5-27)6-28/h1-2H. The number of benzene rings is 1. The molecule has 148 valence electrons. The van der Waals surface area contributed by atoms with E-state index in [2.05, 4.69) is 0 Å². The fraction of sp³-hybridized carbons (Fsp3) is 0.111. The number of rotatable bonds is 0. The van der Waals surface area contributed by atoms with Crippen LogP contribution < -0.4 is 9.06 Å². The Kier molecular flexibility index (Phi) is 4.96. The molecule has 4 nitrogen and oxygen atoms in total. The predicted octanol–water partition coefficient (Wildman–Crippen LogP) is 4.55. The smallest absolute Gasteiger partial charge is 0.192 e. The van der Waals surface area contributed by atoms with Crippen LogP contribution >= 0.6 is 22.7 Å². The quantitative estimate of drug-likeness (QED) is 0.468. The maximum Gasteiger partial charge on any atom is 0.418 e. The van der Waals surface area contributed by atoms with Gasteiger partial charge in [-0.1, -0.05) is 0 Å². The number of hydrogen-bond acceptors (Lipinski definition) is 6. The molecule has 0 spiro atoms. The van der Waals surface area contributed by atoms with Gasteiger partial charge >= 0.3 is 12.4 Å². The molecule has 0 atom stereocenters. The number of hydrogen-bond donors (Lipinski definition) is 0. The Morgan fingerprint density at radius 1 is 0.633 bits per heavy atom. The van der Waals surface area contributed by atoms with Gasteiger partial charge in [-0.3, -0.25) is 0 Å². The summed E-state index contributed by atoms with van der Waals surface area (Å²) >= 11 is 0.496. The first-order chi connectivity index (χ1) is 14.0. The fourth-order valence-corrected chi connectivity index (χ4v) is 5.23. The van der Waals surface area contributed by atoms with Crippen LogP contribution in [0.15, 0.2) is 12.1 Å². The zero-order chi connectivity index (χ0) is 22.4. The van der Waals surface area contributed by atoms with Crippen LogP contribution in [0.4, 0.5) is 26.3 Å². The predicted molar refractivity (Wildman–Crippen MR) is 95.7 cm³/mol. The number of thiophene rings is 2. The van der Waals surface area contributed by atoms with E-state index in [1.165, 1.54) is 24.3 Å². The normalized spacial score (nSPS) is 11.5. The molecule has 0 unspecified atom stereocenters. The highest BCUT2D eigenvalue weighted by Gasteiger charge is 2.42. The zero-order valence-electron chi connectivity index (χ0n) is 14.0. The number of fused-ring (bicyclic) bond motifs is 2. The Hall–Kier alpha value is -3.58. The molecule has 0 radical (unpaired) electrons. The van der Waals surface area contributed by atoms with Gasteiger partial charge in [0.05, 0.1) is 20.2 Å². The minimum absolute atomic E-state index is 0.248. The van der Waals surface area contributed by atoms with Gasteiger partial charge in [-0.2, -0.15) is 47.4 Å². The van der Waals surface area contributed by atoms with E-state index in [0.29, 0.717) is 0 Å². The third-order valence-corrected chi connectivity index (χ3v) is 6.30. The Morgan fingerprint density at radius 2 is 0.933 bits per heavy atom. The van der Waals surface area contributed by atoms with Crippen LogP contribution in [0.25, 0.3) is 31.3 Å². The van der Waals surface area contributed by atoms with Gasteiger partial charge in [-0.25, -0.2) is 0 Å². The van der Waals surface area contributed by atoms with Gasteiger partial charge in [0.25, 0.3) is 0 Å². The van der Waals surface area contributed by atoms with E-state index in [9.17, 15) is 26.3 Å². The molecule has 0 saturated heterocycles. The van der Waals surface area contributed by atoms with Crippen molar-refractivity contribution in [1.29, 1.82) is 21.0 Å². The maximum absolute atomic E-state index is 13.9. The summed E-state index contributed by atoms with van der Waals surface area (Å²) in [7, 11) is 0. The highest BCUT2D eigenvalue weighted by atomic mass is 32.1. The van der Waals surface area contributed by atoms with E-state index in [0.717, 1.165) is 12.1 Å². The SMILES string of the molecule is N#CC(C#N)=c1cc2c(C(F)(F)F)c3sc(=C(C#N)C#N)cc3c(C(F)(F)F)c2s1. The molecular weight excluding hydrogens is 450 g/mol. The van der Waals surface area contributed by atoms with Gasteiger partial charge in [0.1, 0.15) is 35.4 Å². The molecule has 0 amide bonds. The topological polar surface area (TPSA) is 95.2 Å². The molecule has 2 heterocycles. The average Bonchev–Trinajstić information content (AvgIpc) is 3.23. The van der Waals surface area contributed by atoms with Crippen molar-refractivity contribution in [3.8, 4) is 24.3 Å². The van der Waals surface area contributed by atoms with E-state index in [1.807, 2.05) is 0 Å². The Bertz CT molecular complexity index is 1300. The zero-order valence-corrected chi connectivity index (χ0v) is 15.7. The van der Waals surface area contributed by atoms with Crippen LogP contribution in [-0.4, -0.2) is 0 Å². The second-order valence-electron chi connectivity index (χ2n) is 5.65. The van der Waals surface area contributed by atoms with Gasteiger partial charge < -0.3 is 0 Å². The summed E-state index contributed by atoms with van der Waals surface area (Å²) < 4.78 is 81.0. The van der Waals surface area contributed by atoms with Gasteiger partial charge in [-0.05, 0) is 12.1 Å². The molecule has 3 rings (SSSR count). The lowest BCUT2D eigenvalue weighted by atomic mass is 10.0. The van der Waals surface area contributed by atoms with Crippen molar-refractivity contribution >= 4 is 54.0 Å². The molecule has 0 bridgehead atoms. The van der Waals surface area contributed by atoms with Gasteiger partial charge in [0.15, 0.2) is 0 Å². The monoisotopic (exact) mass is 452 g/mol. The highest BCUT2D eigenvalue weighted by molar-refractivity contribution is 7.19. The van der Waals surface area contributed by atoms with E-state index in [4.69, 9.17) is 21.0 Å². The molecule has 0 saturated carbocycles. The largest absolute Gasteiger partial charge is 0.418 e. The van der Waals surface area contributed by atoms with Gasteiger partial charge in [0, 0.05) is 20.2 Å². The Balaban J connectivity index is 2.79. The summed E-state index contributed by atoms with van der Waals surface area (Å²) in [6.07, 6.45) is -10.2. The van der Waals surface area contributed by atoms with Gasteiger partial charge in [0.2, 0.25) is 0 Å². The van der Waals surface area contributed by atoms with Crippen LogP contribution in [0.5, 0.6) is 0 Å². The van der Waals surface area contributed by atoms with E-state index in [1.54, 1.807) is 0 Å². The van der Waals surface area contributed by atoms with E-state index >= 15 is 0 Å². The lowest BCUT2D eigenvalue weighted by Gasteiger charge is -2.15. The number of nitrogens with zero attached hydrogens (tertiary/aromatic N) is 4. The fourth-order valence-electron chi connectivity index (χ4n) is 2.85. The maximum atomic E-state index is 13.9. The molecule has 0 fully saturated rings. The second kappa shape index (κ2) is 7.03. The van der Waals surface area contributed by atoms with Crippen LogP contribution in [0.3, 0.4) is 0 Å². The lowest BCUT2D eigenvalue weighted by molar-refractivity contribution is -0.137. The molecular formula is C18H2F6N4S2. The summed E-state index contributed by atoms with van der Waals surface area (Å²) in [5.41, 5.74) is -4.01. The second-order valence-corrected chi connectivity index (χ2v) is 7.75. The molecule has 0 aliphatic rings. The summed E-state index contributed by atoms with van der Waals surface area (Å²) in [5.74, 6) is 0. The molecule has 0 aliphatic carbocycles. The Labute approximate surface area is 170 Å². The van der Waals surface area contributed by atoms with Crippen molar-refractivity contribution < 1.29 is 26.3 Å². The molecule has 2 aromatic heterocycles. The van der Waals surface area contributed by atoms with Crippen LogP contribution in [0.2, 0.25) is 0 Å². The van der Waals surface area contributed by atoms with E-state index in [-0.39, 0.29) is 31.7 Å². The van der Waals surface area contributed by atoms with Crippen LogP contribution in [0, 0.1) is 45.3 Å². The first kappa shape index (κ1) is 21.1. The minimum Gasteiger partial charge on any atom is -0.192 e. The first-order valence-corrected chi connectivity index (χ1v) is 9.13. The molecule has 0 aliphatic heterocycles. The first-order valence-electron chi connectivity index (χ1n) is 7.50. The molecule has 12 heteroatoms. The van der Waals surface area contributed by atoms with Crippen LogP contribution in [0.1, 0.15) is 11.1 Å². The molecule has 30 heavy (non-hydrogen) atoms. The minimum atomic E-state index is -5.08. The third kappa shape index (κ3) is 3.23. The van der Waals surface area contributed by atoms with Crippen molar-refractivity contribution in [3.05, 3.63) is 32.3 Å². The van der Waals surface area contributed by atoms with Crippen LogP contribution in [-0.2, 0) is 12.4 Å². The number of alkyl halides is 6. The summed E-state index contributed by atoms with van der Waals surface area (Å²) in [6, 6.07) is 7.27. The third-order valence-electron chi connectivity index (χ3n) is 3.96. The Morgan fingerprint density at radius 3 is 1.17 bits per heavy atom. The molecule has 1 aromatic carbocycles. The average molecular weight is 452 g/mol. The van der Waals surface area contributed by atoms with Crippen molar-refractivity contribution in [2.24, 2.45) is 0 Å². The molecule has 0 N–H and O–H groups in total. The van der Waals surface area contributed by atoms with Gasteiger partial charge in [-0.15, -0.1) is 22.7 Å². The lowest BCUT2D eigenvalue weighted by Crippen LogP contribution is -2.10. The van der Waals surface area contributed by atoms with Crippen molar-refractivity contribution in [3.63, 3.8) is 0 Å². The molecule has 3 aromatic rings. The van der Waals surface area contributed by atoms with Crippen molar-refractivity contribution in [2.75, 3.05) is 0 Å². The summed E-state index contributed by atoms with van der Waals surface area (Å²) in [4.78, 5) is 0. The van der Waals surface area contributed by atoms with Crippen molar-refractivity contribution in [2.45, 2.75) is 12.4 Å². The summed E-state index contributed by atoms with van der Waals surface area (Å²) in [5, 5.41) is 34.2. The highest BCUT2D eigenvalue weighted by Crippen LogP contribution is 2.48. The van der Waals surface area contributed by atoms with E-state index < -0.39 is 54.8 Å². The number of nitriles is 4. The number of halogens is 6.